The number of rotatable bonds is 1. The zero-order valence-corrected chi connectivity index (χ0v) is 9.70. The maximum atomic E-state index is 11.6. The highest BCUT2D eigenvalue weighted by atomic mass is 35.6. The maximum absolute atomic E-state index is 11.6. The number of hydrogen-bond acceptors (Lipinski definition) is 1. The van der Waals surface area contributed by atoms with Gasteiger partial charge in [-0.05, 0) is 12.1 Å². The Balaban J connectivity index is 2.50. The highest BCUT2D eigenvalue weighted by molar-refractivity contribution is 6.77. The Kier molecular flexibility index (Phi) is 2.67. The summed E-state index contributed by atoms with van der Waals surface area (Å²) in [4.78, 5) is 14.5. The third kappa shape index (κ3) is 2.12. The summed E-state index contributed by atoms with van der Waals surface area (Å²) in [6, 6.07) is 9.13. The molecule has 15 heavy (non-hydrogen) atoms. The largest absolute Gasteiger partial charge is 0.352 e. The van der Waals surface area contributed by atoms with Gasteiger partial charge >= 0.3 is 0 Å². The number of ketones is 1. The van der Waals surface area contributed by atoms with Crippen LogP contribution in [0.3, 0.4) is 0 Å². The van der Waals surface area contributed by atoms with E-state index in [1.807, 2.05) is 24.3 Å². The molecule has 0 aliphatic carbocycles. The first-order valence-electron chi connectivity index (χ1n) is 4.18. The van der Waals surface area contributed by atoms with Gasteiger partial charge in [-0.1, -0.05) is 53.0 Å². The van der Waals surface area contributed by atoms with Gasteiger partial charge in [-0.25, -0.2) is 0 Å². The van der Waals surface area contributed by atoms with Crippen LogP contribution in [0.15, 0.2) is 30.3 Å². The van der Waals surface area contributed by atoms with E-state index in [1.165, 1.54) is 0 Å². The topological polar surface area (TPSA) is 32.9 Å². The molecule has 2 nitrogen and oxygen atoms in total. The van der Waals surface area contributed by atoms with E-state index in [1.54, 1.807) is 6.07 Å². The summed E-state index contributed by atoms with van der Waals surface area (Å²) in [5, 5.41) is 0.912. The molecule has 0 saturated heterocycles. The molecule has 1 heterocycles. The number of aromatic nitrogens is 1. The Labute approximate surface area is 101 Å². The van der Waals surface area contributed by atoms with Gasteiger partial charge in [0, 0.05) is 10.9 Å². The van der Waals surface area contributed by atoms with Gasteiger partial charge < -0.3 is 4.98 Å². The minimum Gasteiger partial charge on any atom is -0.352 e. The van der Waals surface area contributed by atoms with Crippen molar-refractivity contribution in [1.29, 1.82) is 0 Å². The molecule has 0 spiro atoms. The molecule has 0 aliphatic rings. The van der Waals surface area contributed by atoms with Crippen molar-refractivity contribution >= 4 is 51.5 Å². The fourth-order valence-electron chi connectivity index (χ4n) is 1.35. The number of fused-ring (bicyclic) bond motifs is 1. The van der Waals surface area contributed by atoms with E-state index in [0.717, 1.165) is 10.9 Å². The Bertz CT molecular complexity index is 480. The number of H-pyrrole nitrogens is 1. The lowest BCUT2D eigenvalue weighted by Gasteiger charge is -2.06. The summed E-state index contributed by atoms with van der Waals surface area (Å²) < 4.78 is -1.92. The number of para-hydroxylation sites is 1. The smallest absolute Gasteiger partial charge is 0.254 e. The van der Waals surface area contributed by atoms with Crippen molar-refractivity contribution in [2.75, 3.05) is 0 Å². The van der Waals surface area contributed by atoms with Gasteiger partial charge in [0.25, 0.3) is 3.79 Å². The second-order valence-corrected chi connectivity index (χ2v) is 5.38. The number of halogens is 3. The van der Waals surface area contributed by atoms with Gasteiger partial charge in [0.15, 0.2) is 0 Å². The molecule has 2 aromatic rings. The van der Waals surface area contributed by atoms with Crippen molar-refractivity contribution in [2.24, 2.45) is 0 Å². The molecular weight excluding hydrogens is 256 g/mol. The minimum atomic E-state index is -1.92. The fourth-order valence-corrected chi connectivity index (χ4v) is 1.65. The number of aromatic amines is 1. The van der Waals surface area contributed by atoms with E-state index in [4.69, 9.17) is 34.8 Å². The Hall–Kier alpha value is -0.700. The molecule has 1 aromatic carbocycles. The number of benzene rings is 1. The van der Waals surface area contributed by atoms with Gasteiger partial charge in [0.2, 0.25) is 5.78 Å². The van der Waals surface area contributed by atoms with Gasteiger partial charge in [-0.15, -0.1) is 0 Å². The van der Waals surface area contributed by atoms with Crippen molar-refractivity contribution in [2.45, 2.75) is 3.79 Å². The summed E-state index contributed by atoms with van der Waals surface area (Å²) in [5.74, 6) is -0.552. The Morgan fingerprint density at radius 3 is 2.47 bits per heavy atom. The minimum absolute atomic E-state index is 0.302. The number of carbonyl (C=O) groups excluding carboxylic acids is 1. The number of carbonyl (C=O) groups is 1. The summed E-state index contributed by atoms with van der Waals surface area (Å²) in [6.45, 7) is 0. The quantitative estimate of drug-likeness (QED) is 0.616. The summed E-state index contributed by atoms with van der Waals surface area (Å²) >= 11 is 16.5. The zero-order valence-electron chi connectivity index (χ0n) is 7.43. The van der Waals surface area contributed by atoms with Crippen molar-refractivity contribution in [1.82, 2.24) is 4.98 Å². The van der Waals surface area contributed by atoms with Crippen LogP contribution in [0, 0.1) is 0 Å². The number of nitrogens with one attached hydrogen (secondary N) is 1. The molecule has 0 amide bonds. The molecule has 1 aromatic heterocycles. The number of alkyl halides is 3. The highest BCUT2D eigenvalue weighted by Gasteiger charge is 2.32. The zero-order chi connectivity index (χ0) is 11.1. The van der Waals surface area contributed by atoms with Crippen LogP contribution in [0.25, 0.3) is 10.9 Å². The highest BCUT2D eigenvalue weighted by Crippen LogP contribution is 2.31. The van der Waals surface area contributed by atoms with Gasteiger partial charge in [0.1, 0.15) is 0 Å². The van der Waals surface area contributed by atoms with Gasteiger partial charge in [-0.2, -0.15) is 0 Å². The average Bonchev–Trinajstić information content (AvgIpc) is 2.58. The standard InChI is InChI=1S/C10H6Cl3NO/c11-10(12,13)9(15)8-5-6-3-1-2-4-7(6)14-8/h1-5,14H. The molecule has 0 atom stereocenters. The summed E-state index contributed by atoms with van der Waals surface area (Å²) in [6.07, 6.45) is 0. The molecule has 0 bridgehead atoms. The lowest BCUT2D eigenvalue weighted by Crippen LogP contribution is -2.19. The molecule has 2 rings (SSSR count). The van der Waals surface area contributed by atoms with Crippen LogP contribution >= 0.6 is 34.8 Å². The first-order valence-corrected chi connectivity index (χ1v) is 5.31. The molecule has 0 fully saturated rings. The maximum Gasteiger partial charge on any atom is 0.254 e. The monoisotopic (exact) mass is 261 g/mol. The Morgan fingerprint density at radius 2 is 1.87 bits per heavy atom. The molecule has 0 radical (unpaired) electrons. The molecular formula is C10H6Cl3NO. The van der Waals surface area contributed by atoms with E-state index >= 15 is 0 Å². The third-order valence-corrected chi connectivity index (χ3v) is 2.55. The third-order valence-electron chi connectivity index (χ3n) is 2.03. The van der Waals surface area contributed by atoms with Crippen molar-refractivity contribution < 1.29 is 4.79 Å². The number of hydrogen-bond donors (Lipinski definition) is 1. The molecule has 0 saturated carbocycles. The molecule has 0 unspecified atom stereocenters. The van der Waals surface area contributed by atoms with E-state index in [-0.39, 0.29) is 0 Å². The molecule has 0 aliphatic heterocycles. The van der Waals surface area contributed by atoms with Crippen molar-refractivity contribution in [3.8, 4) is 0 Å². The van der Waals surface area contributed by atoms with Crippen LogP contribution in [0.2, 0.25) is 0 Å². The molecule has 1 N–H and O–H groups in total. The van der Waals surface area contributed by atoms with E-state index in [9.17, 15) is 4.79 Å². The van der Waals surface area contributed by atoms with Crippen molar-refractivity contribution in [3.05, 3.63) is 36.0 Å². The number of Topliss-reactive ketones (excluding diaryl/α,β-unsaturated/α-hetero) is 1. The van der Waals surface area contributed by atoms with Crippen LogP contribution < -0.4 is 0 Å². The predicted octanol–water partition coefficient (Wildman–Crippen LogP) is 3.72. The van der Waals surface area contributed by atoms with Crippen LogP contribution in [0.1, 0.15) is 10.5 Å². The lowest BCUT2D eigenvalue weighted by molar-refractivity contribution is 0.0992. The van der Waals surface area contributed by atoms with E-state index in [0.29, 0.717) is 5.69 Å². The van der Waals surface area contributed by atoms with Crippen LogP contribution in [0.5, 0.6) is 0 Å². The van der Waals surface area contributed by atoms with Crippen LogP contribution in [0.4, 0.5) is 0 Å². The lowest BCUT2D eigenvalue weighted by atomic mass is 10.2. The first kappa shape index (κ1) is 10.8. The fraction of sp³-hybridized carbons (Fsp3) is 0.100. The molecule has 78 valence electrons. The normalized spacial score (nSPS) is 11.9. The summed E-state index contributed by atoms with van der Waals surface area (Å²) in [5.41, 5.74) is 1.14. The van der Waals surface area contributed by atoms with E-state index < -0.39 is 9.58 Å². The second kappa shape index (κ2) is 3.71. The average molecular weight is 263 g/mol. The van der Waals surface area contributed by atoms with Gasteiger partial charge in [0.05, 0.1) is 5.69 Å². The first-order chi connectivity index (χ1) is 6.98. The van der Waals surface area contributed by atoms with Crippen LogP contribution in [-0.4, -0.2) is 14.6 Å². The predicted molar refractivity (Wildman–Crippen MR) is 62.9 cm³/mol. The van der Waals surface area contributed by atoms with Crippen molar-refractivity contribution in [3.63, 3.8) is 0 Å². The van der Waals surface area contributed by atoms with Gasteiger partial charge in [-0.3, -0.25) is 4.79 Å². The Morgan fingerprint density at radius 1 is 1.20 bits per heavy atom. The SMILES string of the molecule is O=C(c1cc2ccccc2[nH]1)C(Cl)(Cl)Cl. The van der Waals surface area contributed by atoms with Crippen LogP contribution in [-0.2, 0) is 0 Å². The van der Waals surface area contributed by atoms with E-state index in [2.05, 4.69) is 4.98 Å². The molecule has 5 heteroatoms. The second-order valence-electron chi connectivity index (χ2n) is 3.10. The summed E-state index contributed by atoms with van der Waals surface area (Å²) in [7, 11) is 0.